The zero-order valence-corrected chi connectivity index (χ0v) is 11.9. The molecule has 1 aliphatic heterocycles. The molecule has 1 atom stereocenters. The first-order valence-electron chi connectivity index (χ1n) is 6.65. The molecule has 1 unspecified atom stereocenters. The van der Waals surface area contributed by atoms with E-state index in [4.69, 9.17) is 0 Å². The smallest absolute Gasteiger partial charge is 0.123 e. The maximum atomic E-state index is 4.55. The molecule has 19 heavy (non-hydrogen) atoms. The normalized spacial score (nSPS) is 18.4. The maximum absolute atomic E-state index is 4.55. The fraction of sp³-hybridized carbons (Fsp3) is 0.429. The van der Waals surface area contributed by atoms with Crippen LogP contribution in [-0.4, -0.2) is 41.0 Å². The van der Waals surface area contributed by atoms with Gasteiger partial charge in [-0.15, -0.1) is 11.3 Å². The molecule has 0 radical (unpaired) electrons. The Balaban J connectivity index is 1.77. The van der Waals surface area contributed by atoms with Crippen LogP contribution >= 0.6 is 11.3 Å². The van der Waals surface area contributed by atoms with Gasteiger partial charge in [-0.1, -0.05) is 0 Å². The lowest BCUT2D eigenvalue weighted by Gasteiger charge is -2.31. The number of hydrogen-bond donors (Lipinski definition) is 1. The fourth-order valence-corrected chi connectivity index (χ4v) is 3.36. The molecule has 0 saturated carbocycles. The lowest BCUT2D eigenvalue weighted by molar-refractivity contribution is 0.188. The molecule has 3 rings (SSSR count). The van der Waals surface area contributed by atoms with Crippen LogP contribution in [0.1, 0.15) is 17.8 Å². The summed E-state index contributed by atoms with van der Waals surface area (Å²) < 4.78 is 0. The Morgan fingerprint density at radius 3 is 2.74 bits per heavy atom. The minimum atomic E-state index is 0.454. The Labute approximate surface area is 117 Å². The van der Waals surface area contributed by atoms with Crippen molar-refractivity contribution in [2.75, 3.05) is 26.2 Å². The topological polar surface area (TPSA) is 41.1 Å². The van der Waals surface area contributed by atoms with Crippen molar-refractivity contribution in [1.29, 1.82) is 0 Å². The summed E-state index contributed by atoms with van der Waals surface area (Å²) >= 11 is 1.79. The van der Waals surface area contributed by atoms with Crippen molar-refractivity contribution in [3.63, 3.8) is 0 Å². The van der Waals surface area contributed by atoms with Gasteiger partial charge in [-0.3, -0.25) is 9.88 Å². The summed E-state index contributed by atoms with van der Waals surface area (Å²) in [5.41, 5.74) is 1.15. The minimum absolute atomic E-state index is 0.454. The Morgan fingerprint density at radius 2 is 2.00 bits per heavy atom. The molecule has 3 heterocycles. The van der Waals surface area contributed by atoms with Crippen molar-refractivity contribution in [2.45, 2.75) is 13.0 Å². The summed E-state index contributed by atoms with van der Waals surface area (Å²) in [6.07, 6.45) is 5.65. The van der Waals surface area contributed by atoms with E-state index in [-0.39, 0.29) is 0 Å². The van der Waals surface area contributed by atoms with Crippen molar-refractivity contribution in [3.05, 3.63) is 35.6 Å². The third kappa shape index (κ3) is 2.83. The van der Waals surface area contributed by atoms with Gasteiger partial charge in [0.15, 0.2) is 0 Å². The van der Waals surface area contributed by atoms with Gasteiger partial charge in [-0.05, 0) is 19.1 Å². The number of pyridine rings is 1. The largest absolute Gasteiger partial charge is 0.314 e. The number of piperazine rings is 1. The molecule has 1 N–H and O–H groups in total. The molecular weight excluding hydrogens is 256 g/mol. The molecule has 0 bridgehead atoms. The number of hydrogen-bond acceptors (Lipinski definition) is 5. The number of rotatable bonds is 3. The van der Waals surface area contributed by atoms with Crippen molar-refractivity contribution in [1.82, 2.24) is 20.2 Å². The standard InChI is InChI=1S/C14H18N4S/c1-11(18-8-6-16-7-9-18)13-10-17-14(19-13)12-2-4-15-5-3-12/h2-5,10-11,16H,6-9H2,1H3. The van der Waals surface area contributed by atoms with Gasteiger partial charge in [0.2, 0.25) is 0 Å². The van der Waals surface area contributed by atoms with Gasteiger partial charge in [-0.25, -0.2) is 4.98 Å². The fourth-order valence-electron chi connectivity index (χ4n) is 2.36. The van der Waals surface area contributed by atoms with Crippen molar-refractivity contribution < 1.29 is 0 Å². The van der Waals surface area contributed by atoms with Crippen LogP contribution in [0.4, 0.5) is 0 Å². The molecule has 4 nitrogen and oxygen atoms in total. The van der Waals surface area contributed by atoms with Crippen LogP contribution in [0.15, 0.2) is 30.7 Å². The summed E-state index contributed by atoms with van der Waals surface area (Å²) in [6, 6.07) is 4.48. The Hall–Kier alpha value is -1.30. The van der Waals surface area contributed by atoms with Crippen molar-refractivity contribution in [3.8, 4) is 10.6 Å². The first-order chi connectivity index (χ1) is 9.34. The van der Waals surface area contributed by atoms with Crippen molar-refractivity contribution >= 4 is 11.3 Å². The van der Waals surface area contributed by atoms with E-state index in [1.165, 1.54) is 4.88 Å². The highest BCUT2D eigenvalue weighted by Gasteiger charge is 2.20. The average molecular weight is 274 g/mol. The maximum Gasteiger partial charge on any atom is 0.123 e. The highest BCUT2D eigenvalue weighted by atomic mass is 32.1. The van der Waals surface area contributed by atoms with E-state index in [9.17, 15) is 0 Å². The zero-order valence-electron chi connectivity index (χ0n) is 11.0. The third-order valence-corrected chi connectivity index (χ3v) is 4.78. The van der Waals surface area contributed by atoms with E-state index >= 15 is 0 Å². The predicted octanol–water partition coefficient (Wildman–Crippen LogP) is 2.17. The second kappa shape index (κ2) is 5.77. The number of aromatic nitrogens is 2. The zero-order chi connectivity index (χ0) is 13.1. The first kappa shape index (κ1) is 12.7. The molecule has 2 aromatic heterocycles. The minimum Gasteiger partial charge on any atom is -0.314 e. The van der Waals surface area contributed by atoms with Crippen LogP contribution < -0.4 is 5.32 Å². The second-order valence-electron chi connectivity index (χ2n) is 4.77. The molecule has 1 saturated heterocycles. The first-order valence-corrected chi connectivity index (χ1v) is 7.47. The van der Waals surface area contributed by atoms with E-state index in [0.717, 1.165) is 36.8 Å². The van der Waals surface area contributed by atoms with Gasteiger partial charge >= 0.3 is 0 Å². The Morgan fingerprint density at radius 1 is 1.26 bits per heavy atom. The molecule has 0 aliphatic carbocycles. The summed E-state index contributed by atoms with van der Waals surface area (Å²) in [5.74, 6) is 0. The molecule has 5 heteroatoms. The van der Waals surface area contributed by atoms with E-state index in [0.29, 0.717) is 6.04 Å². The van der Waals surface area contributed by atoms with Gasteiger partial charge in [0.25, 0.3) is 0 Å². The summed E-state index contributed by atoms with van der Waals surface area (Å²) in [7, 11) is 0. The van der Waals surface area contributed by atoms with Crippen LogP contribution in [-0.2, 0) is 0 Å². The summed E-state index contributed by atoms with van der Waals surface area (Å²) in [5, 5.41) is 4.47. The number of nitrogens with one attached hydrogen (secondary N) is 1. The molecule has 0 amide bonds. The predicted molar refractivity (Wildman–Crippen MR) is 78.2 cm³/mol. The van der Waals surface area contributed by atoms with Gasteiger partial charge in [-0.2, -0.15) is 0 Å². The third-order valence-electron chi connectivity index (χ3n) is 3.56. The lowest BCUT2D eigenvalue weighted by atomic mass is 10.2. The molecule has 1 fully saturated rings. The number of nitrogens with zero attached hydrogens (tertiary/aromatic N) is 3. The Bertz CT molecular complexity index is 519. The molecule has 0 aromatic carbocycles. The highest BCUT2D eigenvalue weighted by Crippen LogP contribution is 2.31. The number of thiazole rings is 1. The molecule has 100 valence electrons. The van der Waals surface area contributed by atoms with Crippen LogP contribution in [0.3, 0.4) is 0 Å². The molecule has 1 aliphatic rings. The summed E-state index contributed by atoms with van der Waals surface area (Å²) in [6.45, 7) is 6.67. The summed E-state index contributed by atoms with van der Waals surface area (Å²) in [4.78, 5) is 12.5. The molecule has 2 aromatic rings. The van der Waals surface area contributed by atoms with E-state index in [2.05, 4.69) is 27.1 Å². The van der Waals surface area contributed by atoms with Crippen LogP contribution in [0.25, 0.3) is 10.6 Å². The molecular formula is C14H18N4S. The average Bonchev–Trinajstić information content (AvgIpc) is 2.98. The van der Waals surface area contributed by atoms with Gasteiger partial charge in [0.05, 0.1) is 0 Å². The van der Waals surface area contributed by atoms with Crippen LogP contribution in [0, 0.1) is 0 Å². The SMILES string of the molecule is CC(c1cnc(-c2ccncc2)s1)N1CCNCC1. The van der Waals surface area contributed by atoms with Gasteiger partial charge < -0.3 is 5.32 Å². The highest BCUT2D eigenvalue weighted by molar-refractivity contribution is 7.15. The van der Waals surface area contributed by atoms with Gasteiger partial charge in [0.1, 0.15) is 5.01 Å². The monoisotopic (exact) mass is 274 g/mol. The quantitative estimate of drug-likeness (QED) is 0.931. The second-order valence-corrected chi connectivity index (χ2v) is 5.83. The van der Waals surface area contributed by atoms with Crippen molar-refractivity contribution in [2.24, 2.45) is 0 Å². The van der Waals surface area contributed by atoms with E-state index in [1.54, 1.807) is 11.3 Å². The van der Waals surface area contributed by atoms with E-state index in [1.807, 2.05) is 30.7 Å². The van der Waals surface area contributed by atoms with Crippen LogP contribution in [0.2, 0.25) is 0 Å². The Kier molecular flexibility index (Phi) is 3.87. The van der Waals surface area contributed by atoms with Crippen LogP contribution in [0.5, 0.6) is 0 Å². The lowest BCUT2D eigenvalue weighted by Crippen LogP contribution is -2.44. The van der Waals surface area contributed by atoms with E-state index < -0.39 is 0 Å². The molecule has 0 spiro atoms. The van der Waals surface area contributed by atoms with Gasteiger partial charge in [0, 0.05) is 61.3 Å².